The molecule has 1 heterocycles. The molecule has 1 aromatic rings. The number of carboxylic acids is 1. The number of thiophene rings is 1. The fourth-order valence-electron chi connectivity index (χ4n) is 1.05. The number of aromatic carboxylic acids is 1. The molecule has 0 bridgehead atoms. The average molecular weight is 234 g/mol. The maximum atomic E-state index is 11.0. The molecule has 0 unspecified atom stereocenters. The lowest BCUT2D eigenvalue weighted by Gasteiger charge is -1.95. The first-order valence-electron chi connectivity index (χ1n) is 3.80. The number of sulfone groups is 1. The third kappa shape index (κ3) is 2.81. The standard InChI is InChI=1S/C8H10O4S2/c1-5-6(4-14(2,11)12)3-7(13-5)8(9)10/h3H,4H2,1-2H3,(H,9,10). The van der Waals surface area contributed by atoms with Gasteiger partial charge in [0.25, 0.3) is 0 Å². The van der Waals surface area contributed by atoms with E-state index in [1.807, 2.05) is 0 Å². The van der Waals surface area contributed by atoms with Crippen molar-refractivity contribution in [3.05, 3.63) is 21.4 Å². The molecule has 0 spiro atoms. The largest absolute Gasteiger partial charge is 0.477 e. The second-order valence-electron chi connectivity index (χ2n) is 3.07. The van der Waals surface area contributed by atoms with Crippen molar-refractivity contribution >= 4 is 27.1 Å². The van der Waals surface area contributed by atoms with Crippen molar-refractivity contribution in [2.75, 3.05) is 6.26 Å². The first-order valence-corrected chi connectivity index (χ1v) is 6.67. The van der Waals surface area contributed by atoms with Gasteiger partial charge in [-0.25, -0.2) is 13.2 Å². The summed E-state index contributed by atoms with van der Waals surface area (Å²) in [7, 11) is -3.10. The van der Waals surface area contributed by atoms with Crippen LogP contribution < -0.4 is 0 Å². The Morgan fingerprint density at radius 3 is 2.50 bits per heavy atom. The molecule has 0 saturated heterocycles. The van der Waals surface area contributed by atoms with Crippen LogP contribution in [0.15, 0.2) is 6.07 Å². The van der Waals surface area contributed by atoms with E-state index in [1.54, 1.807) is 6.92 Å². The molecule has 1 N–H and O–H groups in total. The Bertz CT molecular complexity index is 456. The minimum atomic E-state index is -3.10. The summed E-state index contributed by atoms with van der Waals surface area (Å²) in [4.78, 5) is 11.5. The van der Waals surface area contributed by atoms with Gasteiger partial charge in [-0.15, -0.1) is 11.3 Å². The highest BCUT2D eigenvalue weighted by atomic mass is 32.2. The molecule has 0 aliphatic carbocycles. The Balaban J connectivity index is 3.05. The summed E-state index contributed by atoms with van der Waals surface area (Å²) in [5.41, 5.74) is 0.579. The van der Waals surface area contributed by atoms with Gasteiger partial charge in [0.1, 0.15) is 4.88 Å². The van der Waals surface area contributed by atoms with E-state index < -0.39 is 15.8 Å². The van der Waals surface area contributed by atoms with Crippen LogP contribution in [0.2, 0.25) is 0 Å². The summed E-state index contributed by atoms with van der Waals surface area (Å²) in [6, 6.07) is 1.42. The summed E-state index contributed by atoms with van der Waals surface area (Å²) < 4.78 is 22.0. The Morgan fingerprint density at radius 2 is 2.14 bits per heavy atom. The SMILES string of the molecule is Cc1sc(C(=O)O)cc1CS(C)(=O)=O. The summed E-state index contributed by atoms with van der Waals surface area (Å²) in [5.74, 6) is -1.11. The molecular weight excluding hydrogens is 224 g/mol. The Kier molecular flexibility index (Phi) is 2.96. The summed E-state index contributed by atoms with van der Waals surface area (Å²) in [6.45, 7) is 1.72. The molecule has 1 aromatic heterocycles. The lowest BCUT2D eigenvalue weighted by molar-refractivity contribution is 0.0702. The predicted molar refractivity (Wildman–Crippen MR) is 54.6 cm³/mol. The van der Waals surface area contributed by atoms with Gasteiger partial charge in [-0.2, -0.15) is 0 Å². The minimum Gasteiger partial charge on any atom is -0.477 e. The molecule has 0 atom stereocenters. The summed E-state index contributed by atoms with van der Waals surface area (Å²) in [5, 5.41) is 8.68. The molecule has 78 valence electrons. The molecule has 6 heteroatoms. The smallest absolute Gasteiger partial charge is 0.345 e. The van der Waals surface area contributed by atoms with Crippen molar-refractivity contribution < 1.29 is 18.3 Å². The molecule has 0 aromatic carbocycles. The van der Waals surface area contributed by atoms with E-state index in [0.29, 0.717) is 5.56 Å². The highest BCUT2D eigenvalue weighted by Crippen LogP contribution is 2.23. The van der Waals surface area contributed by atoms with Crippen LogP contribution in [-0.4, -0.2) is 25.7 Å². The molecule has 4 nitrogen and oxygen atoms in total. The second kappa shape index (κ2) is 3.70. The number of carbonyl (C=O) groups is 1. The number of carboxylic acid groups (broad SMARTS) is 1. The van der Waals surface area contributed by atoms with Gasteiger partial charge in [0.05, 0.1) is 5.75 Å². The van der Waals surface area contributed by atoms with Crippen LogP contribution in [0.5, 0.6) is 0 Å². The van der Waals surface area contributed by atoms with Crippen LogP contribution in [0.3, 0.4) is 0 Å². The van der Waals surface area contributed by atoms with Crippen molar-refractivity contribution in [2.24, 2.45) is 0 Å². The van der Waals surface area contributed by atoms with Crippen molar-refractivity contribution in [1.82, 2.24) is 0 Å². The highest BCUT2D eigenvalue weighted by molar-refractivity contribution is 7.89. The molecule has 0 saturated carbocycles. The molecule has 14 heavy (non-hydrogen) atoms. The first kappa shape index (κ1) is 11.2. The maximum Gasteiger partial charge on any atom is 0.345 e. The molecule has 1 rings (SSSR count). The average Bonchev–Trinajstić information content (AvgIpc) is 2.29. The van der Waals surface area contributed by atoms with Gasteiger partial charge in [0, 0.05) is 11.1 Å². The van der Waals surface area contributed by atoms with Crippen LogP contribution in [0.1, 0.15) is 20.1 Å². The van der Waals surface area contributed by atoms with E-state index in [2.05, 4.69) is 0 Å². The van der Waals surface area contributed by atoms with Crippen molar-refractivity contribution in [1.29, 1.82) is 0 Å². The molecule has 0 aliphatic heterocycles. The zero-order valence-corrected chi connectivity index (χ0v) is 9.41. The zero-order chi connectivity index (χ0) is 10.9. The fourth-order valence-corrected chi connectivity index (χ4v) is 2.89. The van der Waals surface area contributed by atoms with Gasteiger partial charge in [0.2, 0.25) is 0 Å². The van der Waals surface area contributed by atoms with Crippen molar-refractivity contribution in [3.8, 4) is 0 Å². The van der Waals surface area contributed by atoms with Crippen LogP contribution in [0.4, 0.5) is 0 Å². The molecule has 0 fully saturated rings. The molecule has 0 aliphatic rings. The Morgan fingerprint density at radius 1 is 1.57 bits per heavy atom. The quantitative estimate of drug-likeness (QED) is 0.855. The monoisotopic (exact) mass is 234 g/mol. The van der Waals surface area contributed by atoms with E-state index in [1.165, 1.54) is 6.07 Å². The topological polar surface area (TPSA) is 71.4 Å². The number of aryl methyl sites for hydroxylation is 1. The Hall–Kier alpha value is -0.880. The van der Waals surface area contributed by atoms with E-state index in [4.69, 9.17) is 5.11 Å². The van der Waals surface area contributed by atoms with Crippen LogP contribution in [0.25, 0.3) is 0 Å². The number of hydrogen-bond acceptors (Lipinski definition) is 4. The first-order chi connectivity index (χ1) is 6.29. The van der Waals surface area contributed by atoms with Crippen LogP contribution >= 0.6 is 11.3 Å². The molecule has 0 amide bonds. The van der Waals surface area contributed by atoms with Crippen molar-refractivity contribution in [2.45, 2.75) is 12.7 Å². The fraction of sp³-hybridized carbons (Fsp3) is 0.375. The number of hydrogen-bond donors (Lipinski definition) is 1. The lowest BCUT2D eigenvalue weighted by atomic mass is 10.3. The zero-order valence-electron chi connectivity index (χ0n) is 7.77. The van der Waals surface area contributed by atoms with E-state index in [0.717, 1.165) is 22.5 Å². The molecular formula is C8H10O4S2. The number of rotatable bonds is 3. The van der Waals surface area contributed by atoms with E-state index in [9.17, 15) is 13.2 Å². The second-order valence-corrected chi connectivity index (χ2v) is 6.46. The predicted octanol–water partition coefficient (Wildman–Crippen LogP) is 1.30. The minimum absolute atomic E-state index is 0.0946. The van der Waals surface area contributed by atoms with Gasteiger partial charge in [-0.05, 0) is 18.6 Å². The highest BCUT2D eigenvalue weighted by Gasteiger charge is 2.14. The van der Waals surface area contributed by atoms with E-state index in [-0.39, 0.29) is 10.6 Å². The van der Waals surface area contributed by atoms with E-state index >= 15 is 0 Å². The summed E-state index contributed by atoms with van der Waals surface area (Å²) in [6.07, 6.45) is 1.13. The van der Waals surface area contributed by atoms with Crippen LogP contribution in [0, 0.1) is 6.92 Å². The van der Waals surface area contributed by atoms with Gasteiger partial charge in [-0.1, -0.05) is 0 Å². The van der Waals surface area contributed by atoms with Crippen molar-refractivity contribution in [3.63, 3.8) is 0 Å². The third-order valence-corrected chi connectivity index (χ3v) is 3.57. The van der Waals surface area contributed by atoms with Gasteiger partial charge < -0.3 is 5.11 Å². The molecule has 0 radical (unpaired) electrons. The van der Waals surface area contributed by atoms with Gasteiger partial charge >= 0.3 is 5.97 Å². The maximum absolute atomic E-state index is 11.0. The van der Waals surface area contributed by atoms with Crippen LogP contribution in [-0.2, 0) is 15.6 Å². The third-order valence-electron chi connectivity index (χ3n) is 1.65. The lowest BCUT2D eigenvalue weighted by Crippen LogP contribution is -2.00. The summed E-state index contributed by atoms with van der Waals surface area (Å²) >= 11 is 1.10. The van der Waals surface area contributed by atoms with Gasteiger partial charge in [-0.3, -0.25) is 0 Å². The normalized spacial score (nSPS) is 11.6. The van der Waals surface area contributed by atoms with Gasteiger partial charge in [0.15, 0.2) is 9.84 Å². The Labute approximate surface area is 86.1 Å².